The molecule has 30 heavy (non-hydrogen) atoms. The number of hydrogen-bond acceptors (Lipinski definition) is 5. The zero-order valence-corrected chi connectivity index (χ0v) is 19.0. The largest absolute Gasteiger partial charge is 0.327 e. The summed E-state index contributed by atoms with van der Waals surface area (Å²) in [5, 5.41) is 0. The Labute approximate surface area is 177 Å². The van der Waals surface area contributed by atoms with Gasteiger partial charge in [-0.1, -0.05) is 27.7 Å². The Balaban J connectivity index is 1.66. The number of fused-ring (bicyclic) bond motifs is 2. The summed E-state index contributed by atoms with van der Waals surface area (Å²) in [6.45, 7) is 15.4. The molecule has 1 atom stereocenters. The van der Waals surface area contributed by atoms with E-state index in [1.807, 2.05) is 25.0 Å². The SMILES string of the molecule is CC(C)c1cnc2ncn(C(C)CC(C)(C)c3cnc4ncn(C(C)C)c4c3)c2n1. The van der Waals surface area contributed by atoms with E-state index in [0.717, 1.165) is 28.9 Å². The molecule has 0 N–H and O–H groups in total. The Morgan fingerprint density at radius 2 is 1.53 bits per heavy atom. The van der Waals surface area contributed by atoms with Crippen LogP contribution < -0.4 is 0 Å². The van der Waals surface area contributed by atoms with Gasteiger partial charge in [0.2, 0.25) is 0 Å². The zero-order valence-electron chi connectivity index (χ0n) is 19.0. The topological polar surface area (TPSA) is 74.3 Å². The molecule has 0 spiro atoms. The highest BCUT2D eigenvalue weighted by atomic mass is 15.2. The van der Waals surface area contributed by atoms with Crippen molar-refractivity contribution < 1.29 is 0 Å². The Morgan fingerprint density at radius 1 is 0.867 bits per heavy atom. The molecule has 0 aliphatic carbocycles. The van der Waals surface area contributed by atoms with E-state index in [2.05, 4.69) is 83.6 Å². The summed E-state index contributed by atoms with van der Waals surface area (Å²) < 4.78 is 4.33. The minimum absolute atomic E-state index is 0.0770. The average molecular weight is 406 g/mol. The molecule has 4 rings (SSSR count). The molecule has 0 fully saturated rings. The fraction of sp³-hybridized carbons (Fsp3) is 0.522. The fourth-order valence-electron chi connectivity index (χ4n) is 4.07. The lowest BCUT2D eigenvalue weighted by atomic mass is 9.80. The van der Waals surface area contributed by atoms with Gasteiger partial charge in [-0.2, -0.15) is 0 Å². The molecule has 0 bridgehead atoms. The van der Waals surface area contributed by atoms with Crippen molar-refractivity contribution in [1.29, 1.82) is 0 Å². The van der Waals surface area contributed by atoms with Crippen LogP contribution in [0, 0.1) is 0 Å². The fourth-order valence-corrected chi connectivity index (χ4v) is 4.07. The summed E-state index contributed by atoms with van der Waals surface area (Å²) in [6.07, 6.45) is 8.47. The van der Waals surface area contributed by atoms with Gasteiger partial charge in [-0.3, -0.25) is 0 Å². The van der Waals surface area contributed by atoms with Crippen molar-refractivity contribution in [3.8, 4) is 0 Å². The number of nitrogens with zero attached hydrogens (tertiary/aromatic N) is 7. The van der Waals surface area contributed by atoms with Gasteiger partial charge in [-0.15, -0.1) is 0 Å². The maximum absolute atomic E-state index is 4.84. The molecule has 7 nitrogen and oxygen atoms in total. The van der Waals surface area contributed by atoms with Gasteiger partial charge < -0.3 is 9.13 Å². The first-order valence-electron chi connectivity index (χ1n) is 10.7. The number of hydrogen-bond donors (Lipinski definition) is 0. The van der Waals surface area contributed by atoms with Gasteiger partial charge in [0, 0.05) is 18.3 Å². The lowest BCUT2D eigenvalue weighted by Gasteiger charge is -2.29. The Kier molecular flexibility index (Phi) is 5.08. The van der Waals surface area contributed by atoms with E-state index in [4.69, 9.17) is 4.98 Å². The summed E-state index contributed by atoms with van der Waals surface area (Å²) in [4.78, 5) is 22.9. The predicted molar refractivity (Wildman–Crippen MR) is 120 cm³/mol. The van der Waals surface area contributed by atoms with Crippen LogP contribution in [-0.2, 0) is 5.41 Å². The van der Waals surface area contributed by atoms with Gasteiger partial charge in [-0.25, -0.2) is 24.9 Å². The molecule has 0 aliphatic heterocycles. The summed E-state index contributed by atoms with van der Waals surface area (Å²) >= 11 is 0. The maximum Gasteiger partial charge on any atom is 0.197 e. The molecule has 4 heterocycles. The van der Waals surface area contributed by atoms with Crippen molar-refractivity contribution in [2.75, 3.05) is 0 Å². The molecule has 1 unspecified atom stereocenters. The van der Waals surface area contributed by atoms with Gasteiger partial charge in [0.15, 0.2) is 16.9 Å². The number of pyridine rings is 1. The summed E-state index contributed by atoms with van der Waals surface area (Å²) in [6, 6.07) is 2.80. The summed E-state index contributed by atoms with van der Waals surface area (Å²) in [7, 11) is 0. The van der Waals surface area contributed by atoms with Gasteiger partial charge >= 0.3 is 0 Å². The van der Waals surface area contributed by atoms with Crippen molar-refractivity contribution in [1.82, 2.24) is 34.1 Å². The molecule has 0 aliphatic rings. The summed E-state index contributed by atoms with van der Waals surface area (Å²) in [5.74, 6) is 0.334. The standard InChI is InChI=1S/C23H31N7/c1-14(2)18-11-25-21-22(28-18)30(13-27-21)16(5)9-23(6,7)17-8-19-20(24-10-17)26-12-29(19)15(3)4/h8,10-16H,9H2,1-7H3. The summed E-state index contributed by atoms with van der Waals surface area (Å²) in [5.41, 5.74) is 5.57. The predicted octanol–water partition coefficient (Wildman–Crippen LogP) is 5.20. The van der Waals surface area contributed by atoms with Gasteiger partial charge in [0.1, 0.15) is 0 Å². The molecule has 4 aromatic rings. The van der Waals surface area contributed by atoms with Crippen LogP contribution in [0.4, 0.5) is 0 Å². The number of imidazole rings is 2. The van der Waals surface area contributed by atoms with Crippen LogP contribution in [0.2, 0.25) is 0 Å². The monoisotopic (exact) mass is 405 g/mol. The van der Waals surface area contributed by atoms with Crippen LogP contribution in [-0.4, -0.2) is 34.1 Å². The van der Waals surface area contributed by atoms with E-state index in [9.17, 15) is 0 Å². The van der Waals surface area contributed by atoms with Crippen LogP contribution in [0.1, 0.15) is 84.1 Å². The van der Waals surface area contributed by atoms with Gasteiger partial charge in [-0.05, 0) is 50.2 Å². The first-order valence-corrected chi connectivity index (χ1v) is 10.7. The zero-order chi connectivity index (χ0) is 21.6. The van der Waals surface area contributed by atoms with Crippen molar-refractivity contribution in [3.05, 3.63) is 42.4 Å². The van der Waals surface area contributed by atoms with Crippen LogP contribution >= 0.6 is 0 Å². The molecule has 0 radical (unpaired) electrons. The van der Waals surface area contributed by atoms with Gasteiger partial charge in [0.05, 0.1) is 30.1 Å². The Hall–Kier alpha value is -2.83. The van der Waals surface area contributed by atoms with Crippen molar-refractivity contribution in [2.45, 2.75) is 78.3 Å². The third-order valence-electron chi connectivity index (χ3n) is 5.94. The van der Waals surface area contributed by atoms with Crippen LogP contribution in [0.5, 0.6) is 0 Å². The molecule has 7 heteroatoms. The number of aromatic nitrogens is 7. The average Bonchev–Trinajstić information content (AvgIpc) is 3.30. The smallest absolute Gasteiger partial charge is 0.197 e. The van der Waals surface area contributed by atoms with E-state index in [1.165, 1.54) is 5.56 Å². The van der Waals surface area contributed by atoms with E-state index >= 15 is 0 Å². The minimum atomic E-state index is -0.0770. The molecular formula is C23H31N7. The quantitative estimate of drug-likeness (QED) is 0.440. The van der Waals surface area contributed by atoms with Crippen LogP contribution in [0.3, 0.4) is 0 Å². The molecular weight excluding hydrogens is 374 g/mol. The maximum atomic E-state index is 4.84. The third kappa shape index (κ3) is 3.57. The van der Waals surface area contributed by atoms with E-state index in [1.54, 1.807) is 0 Å². The second-order valence-electron chi connectivity index (χ2n) is 9.50. The Morgan fingerprint density at radius 3 is 2.23 bits per heavy atom. The molecule has 0 aromatic carbocycles. The van der Waals surface area contributed by atoms with Crippen molar-refractivity contribution in [2.24, 2.45) is 0 Å². The molecule has 0 amide bonds. The van der Waals surface area contributed by atoms with Crippen molar-refractivity contribution >= 4 is 22.5 Å². The van der Waals surface area contributed by atoms with Gasteiger partial charge in [0.25, 0.3) is 0 Å². The van der Waals surface area contributed by atoms with E-state index < -0.39 is 0 Å². The highest BCUT2D eigenvalue weighted by molar-refractivity contribution is 5.72. The van der Waals surface area contributed by atoms with Crippen LogP contribution in [0.15, 0.2) is 31.1 Å². The lowest BCUT2D eigenvalue weighted by molar-refractivity contribution is 0.377. The normalized spacial score (nSPS) is 13.8. The molecule has 4 aromatic heterocycles. The van der Waals surface area contributed by atoms with Crippen LogP contribution in [0.25, 0.3) is 22.5 Å². The molecule has 0 saturated heterocycles. The van der Waals surface area contributed by atoms with Crippen molar-refractivity contribution in [3.63, 3.8) is 0 Å². The first kappa shape index (κ1) is 20.4. The second kappa shape index (κ2) is 7.45. The number of rotatable bonds is 6. The third-order valence-corrected chi connectivity index (χ3v) is 5.94. The lowest BCUT2D eigenvalue weighted by Crippen LogP contribution is -2.23. The van der Waals surface area contributed by atoms with E-state index in [-0.39, 0.29) is 11.5 Å². The van der Waals surface area contributed by atoms with E-state index in [0.29, 0.717) is 17.6 Å². The molecule has 158 valence electrons. The highest BCUT2D eigenvalue weighted by Crippen LogP contribution is 2.34. The highest BCUT2D eigenvalue weighted by Gasteiger charge is 2.27. The second-order valence-corrected chi connectivity index (χ2v) is 9.50. The minimum Gasteiger partial charge on any atom is -0.327 e. The molecule has 0 saturated carbocycles. The Bertz CT molecular complexity index is 1180. The first-order chi connectivity index (χ1) is 14.2.